The lowest BCUT2D eigenvalue weighted by molar-refractivity contribution is 0.0955. The minimum Gasteiger partial charge on any atom is -0.397 e. The number of aryl methyl sites for hydroxylation is 1. The van der Waals surface area contributed by atoms with E-state index in [0.717, 1.165) is 14.6 Å². The quantitative estimate of drug-likeness (QED) is 0.744. The second-order valence-electron chi connectivity index (χ2n) is 4.60. The molecule has 0 radical (unpaired) electrons. The van der Waals surface area contributed by atoms with Crippen molar-refractivity contribution in [1.29, 1.82) is 0 Å². The van der Waals surface area contributed by atoms with E-state index in [9.17, 15) is 4.79 Å². The van der Waals surface area contributed by atoms with Gasteiger partial charge in [0.2, 0.25) is 0 Å². The van der Waals surface area contributed by atoms with E-state index in [4.69, 9.17) is 10.3 Å². The van der Waals surface area contributed by atoms with Crippen LogP contribution < -0.4 is 11.1 Å². The van der Waals surface area contributed by atoms with Crippen molar-refractivity contribution < 1.29 is 9.32 Å². The summed E-state index contributed by atoms with van der Waals surface area (Å²) in [6.07, 6.45) is 0. The monoisotopic (exact) mass is 365 g/mol. The molecular formula is C14H12BrN3O2S. The highest BCUT2D eigenvalue weighted by molar-refractivity contribution is 9.10. The number of thiophene rings is 1. The van der Waals surface area contributed by atoms with E-state index in [1.165, 1.54) is 11.3 Å². The van der Waals surface area contributed by atoms with Crippen LogP contribution >= 0.6 is 27.3 Å². The van der Waals surface area contributed by atoms with Gasteiger partial charge in [0.05, 0.1) is 12.2 Å². The molecule has 0 saturated heterocycles. The summed E-state index contributed by atoms with van der Waals surface area (Å²) in [6, 6.07) is 7.57. The van der Waals surface area contributed by atoms with E-state index in [1.807, 2.05) is 18.2 Å². The standard InChI is InChI=1S/C14H12BrN3O2S/c1-7-4-9(18-20-7)6-17-14(19)13-12(16)10-5-8(15)2-3-11(10)21-13/h2-5H,6,16H2,1H3,(H,17,19). The van der Waals surface area contributed by atoms with Crippen LogP contribution in [0.4, 0.5) is 5.69 Å². The number of nitrogens with zero attached hydrogens (tertiary/aromatic N) is 1. The number of hydrogen-bond acceptors (Lipinski definition) is 5. The molecule has 1 amide bonds. The Bertz CT molecular complexity index is 825. The highest BCUT2D eigenvalue weighted by atomic mass is 79.9. The number of nitrogens with two attached hydrogens (primary N) is 1. The molecule has 0 spiro atoms. The van der Waals surface area contributed by atoms with Crippen LogP contribution in [0.25, 0.3) is 10.1 Å². The van der Waals surface area contributed by atoms with Crippen LogP contribution in [0.2, 0.25) is 0 Å². The normalized spacial score (nSPS) is 11.0. The number of fused-ring (bicyclic) bond motifs is 1. The third-order valence-electron chi connectivity index (χ3n) is 3.00. The number of benzene rings is 1. The fraction of sp³-hybridized carbons (Fsp3) is 0.143. The summed E-state index contributed by atoms with van der Waals surface area (Å²) in [5.41, 5.74) is 7.26. The maximum atomic E-state index is 12.2. The molecule has 0 atom stereocenters. The molecule has 0 unspecified atom stereocenters. The molecule has 0 aliphatic heterocycles. The molecule has 1 aromatic carbocycles. The van der Waals surface area contributed by atoms with Gasteiger partial charge in [-0.3, -0.25) is 4.79 Å². The predicted octanol–water partition coefficient (Wildman–Crippen LogP) is 3.47. The molecule has 5 nitrogen and oxygen atoms in total. The Morgan fingerprint density at radius 3 is 3.00 bits per heavy atom. The topological polar surface area (TPSA) is 81.2 Å². The minimum atomic E-state index is -0.203. The fourth-order valence-electron chi connectivity index (χ4n) is 2.01. The zero-order valence-corrected chi connectivity index (χ0v) is 13.5. The lowest BCUT2D eigenvalue weighted by atomic mass is 10.2. The summed E-state index contributed by atoms with van der Waals surface area (Å²) >= 11 is 4.79. The Kier molecular flexibility index (Phi) is 3.69. The van der Waals surface area contributed by atoms with Crippen LogP contribution in [0.3, 0.4) is 0 Å². The van der Waals surface area contributed by atoms with Crippen molar-refractivity contribution in [3.8, 4) is 0 Å². The fourth-order valence-corrected chi connectivity index (χ4v) is 3.39. The molecule has 2 heterocycles. The minimum absolute atomic E-state index is 0.203. The lowest BCUT2D eigenvalue weighted by Crippen LogP contribution is -2.22. The van der Waals surface area contributed by atoms with Crippen molar-refractivity contribution in [1.82, 2.24) is 10.5 Å². The molecule has 2 aromatic heterocycles. The number of carbonyl (C=O) groups excluding carboxylic acids is 1. The van der Waals surface area contributed by atoms with Crippen LogP contribution in [0.15, 0.2) is 33.3 Å². The van der Waals surface area contributed by atoms with Crippen molar-refractivity contribution in [2.75, 3.05) is 5.73 Å². The van der Waals surface area contributed by atoms with Crippen LogP contribution in [0, 0.1) is 6.92 Å². The molecule has 0 saturated carbocycles. The Labute approximate surface area is 133 Å². The first-order chi connectivity index (χ1) is 10.0. The molecule has 0 bridgehead atoms. The van der Waals surface area contributed by atoms with Crippen molar-refractivity contribution in [2.24, 2.45) is 0 Å². The van der Waals surface area contributed by atoms with Gasteiger partial charge in [-0.15, -0.1) is 11.3 Å². The zero-order chi connectivity index (χ0) is 15.0. The molecule has 0 aliphatic carbocycles. The number of halogens is 1. The molecule has 3 aromatic rings. The zero-order valence-electron chi connectivity index (χ0n) is 11.1. The number of aromatic nitrogens is 1. The third-order valence-corrected chi connectivity index (χ3v) is 4.68. The van der Waals surface area contributed by atoms with Gasteiger partial charge in [-0.05, 0) is 25.1 Å². The van der Waals surface area contributed by atoms with Gasteiger partial charge in [-0.25, -0.2) is 0 Å². The predicted molar refractivity (Wildman–Crippen MR) is 86.3 cm³/mol. The second-order valence-corrected chi connectivity index (χ2v) is 6.56. The van der Waals surface area contributed by atoms with Gasteiger partial charge in [0, 0.05) is 20.6 Å². The number of hydrogen-bond donors (Lipinski definition) is 2. The Morgan fingerprint density at radius 2 is 2.29 bits per heavy atom. The average Bonchev–Trinajstić information content (AvgIpc) is 3.01. The van der Waals surface area contributed by atoms with Gasteiger partial charge in [0.25, 0.3) is 5.91 Å². The van der Waals surface area contributed by atoms with Crippen LogP contribution in [-0.2, 0) is 6.54 Å². The first kappa shape index (κ1) is 14.1. The van der Waals surface area contributed by atoms with Crippen LogP contribution in [0.1, 0.15) is 21.1 Å². The summed E-state index contributed by atoms with van der Waals surface area (Å²) < 4.78 is 6.88. The van der Waals surface area contributed by atoms with Crippen LogP contribution in [0.5, 0.6) is 0 Å². The maximum absolute atomic E-state index is 12.2. The highest BCUT2D eigenvalue weighted by Gasteiger charge is 2.16. The van der Waals surface area contributed by atoms with E-state index < -0.39 is 0 Å². The van der Waals surface area contributed by atoms with E-state index in [0.29, 0.717) is 28.6 Å². The van der Waals surface area contributed by atoms with Gasteiger partial charge < -0.3 is 15.6 Å². The summed E-state index contributed by atoms with van der Waals surface area (Å²) in [6.45, 7) is 2.12. The molecule has 21 heavy (non-hydrogen) atoms. The van der Waals surface area contributed by atoms with Crippen molar-refractivity contribution in [2.45, 2.75) is 13.5 Å². The summed E-state index contributed by atoms with van der Waals surface area (Å²) in [7, 11) is 0. The summed E-state index contributed by atoms with van der Waals surface area (Å²) in [5.74, 6) is 0.510. The van der Waals surface area contributed by atoms with E-state index in [1.54, 1.807) is 13.0 Å². The molecule has 108 valence electrons. The van der Waals surface area contributed by atoms with Crippen LogP contribution in [-0.4, -0.2) is 11.1 Å². The molecule has 3 rings (SSSR count). The van der Waals surface area contributed by atoms with E-state index in [-0.39, 0.29) is 5.91 Å². The third kappa shape index (κ3) is 2.79. The van der Waals surface area contributed by atoms with Gasteiger partial charge in [-0.2, -0.15) is 0 Å². The van der Waals surface area contributed by atoms with Gasteiger partial charge in [-0.1, -0.05) is 21.1 Å². The van der Waals surface area contributed by atoms with Gasteiger partial charge in [0.15, 0.2) is 0 Å². The van der Waals surface area contributed by atoms with Gasteiger partial charge >= 0.3 is 0 Å². The van der Waals surface area contributed by atoms with Gasteiger partial charge in [0.1, 0.15) is 16.3 Å². The lowest BCUT2D eigenvalue weighted by Gasteiger charge is -2.01. The largest absolute Gasteiger partial charge is 0.397 e. The number of amides is 1. The molecular weight excluding hydrogens is 354 g/mol. The number of nitrogen functional groups attached to an aromatic ring is 1. The second kappa shape index (κ2) is 5.50. The first-order valence-electron chi connectivity index (χ1n) is 6.22. The number of rotatable bonds is 3. The van der Waals surface area contributed by atoms with Crippen molar-refractivity contribution in [3.63, 3.8) is 0 Å². The average molecular weight is 366 g/mol. The van der Waals surface area contributed by atoms with E-state index in [2.05, 4.69) is 26.4 Å². The van der Waals surface area contributed by atoms with Crippen molar-refractivity contribution in [3.05, 3.63) is 45.1 Å². The Hall–Kier alpha value is -1.86. The molecule has 0 aliphatic rings. The highest BCUT2D eigenvalue weighted by Crippen LogP contribution is 2.35. The molecule has 7 heteroatoms. The summed E-state index contributed by atoms with van der Waals surface area (Å²) in [5, 5.41) is 7.52. The van der Waals surface area contributed by atoms with E-state index >= 15 is 0 Å². The summed E-state index contributed by atoms with van der Waals surface area (Å²) in [4.78, 5) is 12.8. The molecule has 0 fully saturated rings. The Morgan fingerprint density at radius 1 is 1.48 bits per heavy atom. The number of anilines is 1. The maximum Gasteiger partial charge on any atom is 0.263 e. The first-order valence-corrected chi connectivity index (χ1v) is 7.83. The smallest absolute Gasteiger partial charge is 0.263 e. The SMILES string of the molecule is Cc1cc(CNC(=O)c2sc3ccc(Br)cc3c2N)no1. The van der Waals surface area contributed by atoms with Crippen molar-refractivity contribution >= 4 is 48.9 Å². The number of carbonyl (C=O) groups is 1. The molecule has 3 N–H and O–H groups in total. The Balaban J connectivity index is 1.82. The number of nitrogens with one attached hydrogen (secondary N) is 1.